The van der Waals surface area contributed by atoms with Crippen molar-refractivity contribution >= 4 is 23.5 Å². The number of fused-ring (bicyclic) bond motifs is 1. The predicted molar refractivity (Wildman–Crippen MR) is 128 cm³/mol. The molecule has 6 rings (SSSR count). The van der Waals surface area contributed by atoms with Gasteiger partial charge in [0.05, 0.1) is 19.0 Å². The Labute approximate surface area is 202 Å². The number of anilines is 1. The first-order chi connectivity index (χ1) is 16.6. The zero-order valence-corrected chi connectivity index (χ0v) is 20.1. The van der Waals surface area contributed by atoms with E-state index in [0.29, 0.717) is 25.0 Å². The van der Waals surface area contributed by atoms with E-state index in [1.54, 1.807) is 0 Å². The second-order valence-corrected chi connectivity index (χ2v) is 9.80. The molecule has 1 aliphatic carbocycles. The minimum absolute atomic E-state index is 0.0864. The van der Waals surface area contributed by atoms with Crippen LogP contribution in [0.2, 0.25) is 0 Å². The summed E-state index contributed by atoms with van der Waals surface area (Å²) in [5, 5.41) is 9.76. The van der Waals surface area contributed by atoms with Gasteiger partial charge in [0.2, 0.25) is 12.7 Å². The number of rotatable bonds is 7. The Balaban J connectivity index is 1.21. The van der Waals surface area contributed by atoms with E-state index in [1.807, 2.05) is 38.1 Å². The fourth-order valence-corrected chi connectivity index (χ4v) is 5.56. The lowest BCUT2D eigenvalue weighted by atomic mass is 10.2. The van der Waals surface area contributed by atoms with E-state index < -0.39 is 0 Å². The average Bonchev–Trinajstić information content (AvgIpc) is 3.29. The fourth-order valence-electron chi connectivity index (χ4n) is 4.67. The molecule has 1 aromatic carbocycles. The summed E-state index contributed by atoms with van der Waals surface area (Å²) in [5.74, 6) is 2.78. The number of carbonyl (C=O) groups excluding carboxylic acids is 1. The van der Waals surface area contributed by atoms with Crippen molar-refractivity contribution in [3.8, 4) is 17.2 Å². The number of aryl methyl sites for hydroxylation is 1. The number of morpholine rings is 1. The number of nitrogens with zero attached hydrogens (tertiary/aromatic N) is 5. The molecule has 1 saturated heterocycles. The minimum atomic E-state index is 0.0864. The third-order valence-electron chi connectivity index (χ3n) is 6.53. The zero-order valence-electron chi connectivity index (χ0n) is 19.3. The highest BCUT2D eigenvalue weighted by molar-refractivity contribution is 7.99. The van der Waals surface area contributed by atoms with Gasteiger partial charge in [-0.05, 0) is 44.9 Å². The highest BCUT2D eigenvalue weighted by Gasteiger charge is 2.32. The van der Waals surface area contributed by atoms with E-state index in [2.05, 4.69) is 24.2 Å². The smallest absolute Gasteiger partial charge is 0.231 e. The molecule has 1 saturated carbocycles. The van der Waals surface area contributed by atoms with E-state index >= 15 is 0 Å². The van der Waals surface area contributed by atoms with Gasteiger partial charge in [0.25, 0.3) is 0 Å². The van der Waals surface area contributed by atoms with Gasteiger partial charge in [-0.2, -0.15) is 0 Å². The van der Waals surface area contributed by atoms with Gasteiger partial charge in [-0.3, -0.25) is 9.36 Å². The molecule has 9 nitrogen and oxygen atoms in total. The lowest BCUT2D eigenvalue weighted by Crippen LogP contribution is -2.38. The summed E-state index contributed by atoms with van der Waals surface area (Å²) in [5.41, 5.74) is 3.60. The second kappa shape index (κ2) is 8.66. The average molecular weight is 482 g/mol. The molecule has 0 spiro atoms. The zero-order chi connectivity index (χ0) is 23.2. The number of Topliss-reactive ketones (excluding diaryl/α,β-unsaturated/α-hetero) is 1. The molecular weight excluding hydrogens is 454 g/mol. The molecule has 2 aliphatic heterocycles. The third kappa shape index (κ3) is 3.84. The number of ketones is 1. The van der Waals surface area contributed by atoms with Gasteiger partial charge in [-0.15, -0.1) is 10.2 Å². The quantitative estimate of drug-likeness (QED) is 0.374. The first-order valence-corrected chi connectivity index (χ1v) is 12.6. The molecule has 0 unspecified atom stereocenters. The van der Waals surface area contributed by atoms with Crippen LogP contribution < -0.4 is 14.4 Å². The summed E-state index contributed by atoms with van der Waals surface area (Å²) in [6.07, 6.45) is 2.27. The first kappa shape index (κ1) is 21.5. The molecule has 0 radical (unpaired) electrons. The maximum Gasteiger partial charge on any atom is 0.231 e. The van der Waals surface area contributed by atoms with Crippen LogP contribution in [0, 0.1) is 13.8 Å². The van der Waals surface area contributed by atoms with Crippen molar-refractivity contribution in [1.29, 1.82) is 0 Å². The van der Waals surface area contributed by atoms with Gasteiger partial charge in [-0.1, -0.05) is 11.8 Å². The molecule has 0 N–H and O–H groups in total. The van der Waals surface area contributed by atoms with Crippen molar-refractivity contribution in [2.45, 2.75) is 37.9 Å². The number of hydrogen-bond donors (Lipinski definition) is 0. The summed E-state index contributed by atoms with van der Waals surface area (Å²) in [4.78, 5) is 15.5. The Bertz CT molecular complexity index is 1240. The SMILES string of the molecule is Cc1cc(C(=O)CSc2nnc(N3CCOCC3)n2C2CC2)c(C)n1-c1ccc2c(c1)OCO2. The van der Waals surface area contributed by atoms with Crippen LogP contribution in [0.4, 0.5) is 5.95 Å². The number of benzene rings is 1. The van der Waals surface area contributed by atoms with Crippen LogP contribution in [0.15, 0.2) is 29.4 Å². The largest absolute Gasteiger partial charge is 0.454 e. The minimum Gasteiger partial charge on any atom is -0.454 e. The van der Waals surface area contributed by atoms with Gasteiger partial charge in [0, 0.05) is 47.8 Å². The molecule has 2 fully saturated rings. The molecule has 0 atom stereocenters. The third-order valence-corrected chi connectivity index (χ3v) is 7.47. The van der Waals surface area contributed by atoms with Crippen molar-refractivity contribution in [3.63, 3.8) is 0 Å². The molecule has 34 heavy (non-hydrogen) atoms. The topological polar surface area (TPSA) is 83.6 Å². The standard InChI is InChI=1S/C24H27N5O4S/c1-15-11-19(16(2)28(15)18-5-6-21-22(12-18)33-14-32-21)20(30)13-34-24-26-25-23(29(24)17-3-4-17)27-7-9-31-10-8-27/h5-6,11-12,17H,3-4,7-10,13-14H2,1-2H3. The lowest BCUT2D eigenvalue weighted by molar-refractivity contribution is 0.102. The molecule has 3 aliphatic rings. The van der Waals surface area contributed by atoms with E-state index in [4.69, 9.17) is 14.2 Å². The van der Waals surface area contributed by atoms with Crippen LogP contribution in [0.3, 0.4) is 0 Å². The number of ether oxygens (including phenoxy) is 3. The Hall–Kier alpha value is -2.98. The Kier molecular flexibility index (Phi) is 5.49. The molecule has 3 aromatic rings. The van der Waals surface area contributed by atoms with Crippen molar-refractivity contribution in [1.82, 2.24) is 19.3 Å². The maximum absolute atomic E-state index is 13.3. The van der Waals surface area contributed by atoms with Crippen LogP contribution >= 0.6 is 11.8 Å². The Morgan fingerprint density at radius 1 is 1.09 bits per heavy atom. The highest BCUT2D eigenvalue weighted by atomic mass is 32.2. The van der Waals surface area contributed by atoms with Crippen LogP contribution in [0.25, 0.3) is 5.69 Å². The van der Waals surface area contributed by atoms with Crippen LogP contribution in [-0.2, 0) is 4.74 Å². The van der Waals surface area contributed by atoms with Crippen molar-refractivity contribution < 1.29 is 19.0 Å². The van der Waals surface area contributed by atoms with E-state index in [1.165, 1.54) is 11.8 Å². The van der Waals surface area contributed by atoms with Crippen molar-refractivity contribution in [3.05, 3.63) is 41.2 Å². The van der Waals surface area contributed by atoms with Crippen molar-refractivity contribution in [2.24, 2.45) is 0 Å². The summed E-state index contributed by atoms with van der Waals surface area (Å²) < 4.78 is 20.8. The lowest BCUT2D eigenvalue weighted by Gasteiger charge is -2.27. The summed E-state index contributed by atoms with van der Waals surface area (Å²) >= 11 is 1.48. The fraction of sp³-hybridized carbons (Fsp3) is 0.458. The summed E-state index contributed by atoms with van der Waals surface area (Å²) in [7, 11) is 0. The summed E-state index contributed by atoms with van der Waals surface area (Å²) in [6.45, 7) is 7.29. The molecule has 2 aromatic heterocycles. The monoisotopic (exact) mass is 481 g/mol. The normalized spacial score (nSPS) is 17.4. The van der Waals surface area contributed by atoms with E-state index in [9.17, 15) is 4.79 Å². The maximum atomic E-state index is 13.3. The summed E-state index contributed by atoms with van der Waals surface area (Å²) in [6, 6.07) is 8.25. The molecule has 0 amide bonds. The Morgan fingerprint density at radius 3 is 2.68 bits per heavy atom. The van der Waals surface area contributed by atoms with E-state index in [0.717, 1.165) is 71.2 Å². The molecular formula is C24H27N5O4S. The van der Waals surface area contributed by atoms with Crippen LogP contribution in [-0.4, -0.2) is 64.0 Å². The van der Waals surface area contributed by atoms with Crippen LogP contribution in [0.5, 0.6) is 11.5 Å². The Morgan fingerprint density at radius 2 is 1.88 bits per heavy atom. The van der Waals surface area contributed by atoms with Crippen molar-refractivity contribution in [2.75, 3.05) is 43.7 Å². The molecule has 4 heterocycles. The van der Waals surface area contributed by atoms with Gasteiger partial charge in [0.15, 0.2) is 22.4 Å². The van der Waals surface area contributed by atoms with Gasteiger partial charge in [0.1, 0.15) is 0 Å². The number of hydrogen-bond acceptors (Lipinski definition) is 8. The number of carbonyl (C=O) groups is 1. The molecule has 10 heteroatoms. The van der Waals surface area contributed by atoms with Gasteiger partial charge < -0.3 is 23.7 Å². The highest BCUT2D eigenvalue weighted by Crippen LogP contribution is 2.41. The van der Waals surface area contributed by atoms with Gasteiger partial charge in [-0.25, -0.2) is 0 Å². The van der Waals surface area contributed by atoms with E-state index in [-0.39, 0.29) is 12.6 Å². The second-order valence-electron chi connectivity index (χ2n) is 8.85. The first-order valence-electron chi connectivity index (χ1n) is 11.6. The number of thioether (sulfide) groups is 1. The molecule has 0 bridgehead atoms. The molecule has 178 valence electrons. The number of aromatic nitrogens is 4. The van der Waals surface area contributed by atoms with Gasteiger partial charge >= 0.3 is 0 Å². The van der Waals surface area contributed by atoms with Crippen LogP contribution in [0.1, 0.15) is 40.6 Å². The predicted octanol–water partition coefficient (Wildman–Crippen LogP) is 3.56.